The highest BCUT2D eigenvalue weighted by Gasteiger charge is 2.25. The maximum atomic E-state index is 11.9. The predicted molar refractivity (Wildman–Crippen MR) is 98.3 cm³/mol. The van der Waals surface area contributed by atoms with E-state index in [9.17, 15) is 14.4 Å². The van der Waals surface area contributed by atoms with Crippen LogP contribution in [0.3, 0.4) is 0 Å². The Kier molecular flexibility index (Phi) is 6.73. The molecule has 1 aromatic heterocycles. The smallest absolute Gasteiger partial charge is 0.409 e. The topological polar surface area (TPSA) is 101 Å². The molecule has 1 aliphatic heterocycles. The van der Waals surface area contributed by atoms with E-state index in [0.717, 1.165) is 51.6 Å². The van der Waals surface area contributed by atoms with Crippen molar-refractivity contribution in [3.8, 4) is 0 Å². The molecule has 148 valence electrons. The molecule has 2 fully saturated rings. The number of amides is 2. The zero-order valence-electron chi connectivity index (χ0n) is 15.4. The lowest BCUT2D eigenvalue weighted by molar-refractivity contribution is 0.0831. The molecule has 1 aliphatic carbocycles. The maximum absolute atomic E-state index is 11.9. The molecule has 0 unspecified atom stereocenters. The number of carbonyl (C=O) groups excluding carboxylic acids is 2. The molecule has 1 aromatic rings. The summed E-state index contributed by atoms with van der Waals surface area (Å²) in [6, 6.07) is 3.17. The van der Waals surface area contributed by atoms with Crippen LogP contribution in [0.4, 0.5) is 9.59 Å². The van der Waals surface area contributed by atoms with Crippen molar-refractivity contribution in [1.29, 1.82) is 0 Å². The van der Waals surface area contributed by atoms with E-state index in [1.54, 1.807) is 11.0 Å². The summed E-state index contributed by atoms with van der Waals surface area (Å²) in [7, 11) is 0. The number of pyridine rings is 1. The van der Waals surface area contributed by atoms with Crippen molar-refractivity contribution >= 4 is 12.2 Å². The number of likely N-dealkylation sites (tertiary alicyclic amines) is 1. The Morgan fingerprint density at radius 3 is 2.59 bits per heavy atom. The molecule has 2 heterocycles. The first kappa shape index (κ1) is 19.3. The average molecular weight is 377 g/mol. The van der Waals surface area contributed by atoms with Crippen molar-refractivity contribution in [1.82, 2.24) is 15.2 Å². The standard InChI is InChI=1S/C19H27N3O5/c23-17-11-15(7-8-20-17)13-26-18(24)21-16-5-3-14(4-6-16)12-27-19(25)22-9-1-2-10-22/h7-8,11,14,16H,1-6,9-10,12-13H2,(H,20,23)(H,21,24). The highest BCUT2D eigenvalue weighted by atomic mass is 16.6. The highest BCUT2D eigenvalue weighted by Crippen LogP contribution is 2.25. The van der Waals surface area contributed by atoms with Gasteiger partial charge in [0.15, 0.2) is 0 Å². The van der Waals surface area contributed by atoms with Crippen LogP contribution >= 0.6 is 0 Å². The van der Waals surface area contributed by atoms with Gasteiger partial charge in [-0.15, -0.1) is 0 Å². The second-order valence-electron chi connectivity index (χ2n) is 7.27. The minimum Gasteiger partial charge on any atom is -0.449 e. The minimum atomic E-state index is -0.473. The number of ether oxygens (including phenoxy) is 2. The van der Waals surface area contributed by atoms with Gasteiger partial charge >= 0.3 is 12.2 Å². The number of nitrogens with zero attached hydrogens (tertiary/aromatic N) is 1. The number of rotatable bonds is 5. The summed E-state index contributed by atoms with van der Waals surface area (Å²) in [4.78, 5) is 39.3. The van der Waals surface area contributed by atoms with E-state index in [2.05, 4.69) is 10.3 Å². The van der Waals surface area contributed by atoms with E-state index in [1.165, 1.54) is 12.3 Å². The number of hydrogen-bond donors (Lipinski definition) is 2. The van der Waals surface area contributed by atoms with E-state index < -0.39 is 6.09 Å². The molecule has 0 spiro atoms. The molecule has 1 saturated carbocycles. The number of H-pyrrole nitrogens is 1. The molecule has 1 saturated heterocycles. The van der Waals surface area contributed by atoms with Gasteiger partial charge in [0.05, 0.1) is 6.61 Å². The van der Waals surface area contributed by atoms with Crippen molar-refractivity contribution in [2.24, 2.45) is 5.92 Å². The summed E-state index contributed by atoms with van der Waals surface area (Å²) in [6.45, 7) is 2.12. The molecule has 2 N–H and O–H groups in total. The van der Waals surface area contributed by atoms with Crippen molar-refractivity contribution < 1.29 is 19.1 Å². The third-order valence-corrected chi connectivity index (χ3v) is 5.18. The number of carbonyl (C=O) groups is 2. The Morgan fingerprint density at radius 2 is 1.89 bits per heavy atom. The largest absolute Gasteiger partial charge is 0.449 e. The second-order valence-corrected chi connectivity index (χ2v) is 7.27. The molecule has 2 aliphatic rings. The molecule has 27 heavy (non-hydrogen) atoms. The van der Waals surface area contributed by atoms with Crippen molar-refractivity contribution in [2.75, 3.05) is 19.7 Å². The van der Waals surface area contributed by atoms with E-state index in [4.69, 9.17) is 9.47 Å². The lowest BCUT2D eigenvalue weighted by atomic mass is 9.86. The fourth-order valence-corrected chi connectivity index (χ4v) is 3.59. The number of alkyl carbamates (subject to hydrolysis) is 1. The second kappa shape index (κ2) is 9.43. The highest BCUT2D eigenvalue weighted by molar-refractivity contribution is 5.68. The SMILES string of the molecule is O=C(NC1CCC(COC(=O)N2CCCC2)CC1)OCc1cc[nH]c(=O)c1. The molecule has 0 aromatic carbocycles. The lowest BCUT2D eigenvalue weighted by Crippen LogP contribution is -2.39. The van der Waals surface area contributed by atoms with E-state index >= 15 is 0 Å². The molecular weight excluding hydrogens is 350 g/mol. The summed E-state index contributed by atoms with van der Waals surface area (Å²) in [5.74, 6) is 0.349. The van der Waals surface area contributed by atoms with Gasteiger partial charge in [0.1, 0.15) is 6.61 Å². The Hall–Kier alpha value is -2.51. The van der Waals surface area contributed by atoms with Crippen LogP contribution in [0.1, 0.15) is 44.1 Å². The van der Waals surface area contributed by atoms with E-state index in [-0.39, 0.29) is 24.3 Å². The summed E-state index contributed by atoms with van der Waals surface area (Å²) in [5, 5.41) is 2.87. The van der Waals surface area contributed by atoms with E-state index in [0.29, 0.717) is 18.1 Å². The van der Waals surface area contributed by atoms with Crippen molar-refractivity contribution in [2.45, 2.75) is 51.2 Å². The summed E-state index contributed by atoms with van der Waals surface area (Å²) in [6.07, 6.45) is 6.47. The number of nitrogens with one attached hydrogen (secondary N) is 2. The van der Waals surface area contributed by atoms with Crippen LogP contribution in [0.25, 0.3) is 0 Å². The fourth-order valence-electron chi connectivity index (χ4n) is 3.59. The molecule has 3 rings (SSSR count). The van der Waals surface area contributed by atoms with Crippen LogP contribution in [0.2, 0.25) is 0 Å². The quantitative estimate of drug-likeness (QED) is 0.821. The van der Waals surface area contributed by atoms with Gasteiger partial charge < -0.3 is 24.7 Å². The van der Waals surface area contributed by atoms with Gasteiger partial charge in [-0.25, -0.2) is 9.59 Å². The molecular formula is C19H27N3O5. The molecule has 8 heteroatoms. The van der Waals surface area contributed by atoms with Gasteiger partial charge in [0.2, 0.25) is 5.56 Å². The van der Waals surface area contributed by atoms with Crippen molar-refractivity contribution in [3.63, 3.8) is 0 Å². The maximum Gasteiger partial charge on any atom is 0.409 e. The average Bonchev–Trinajstić information content (AvgIpc) is 3.21. The number of aromatic amines is 1. The summed E-state index contributed by atoms with van der Waals surface area (Å²) >= 11 is 0. The zero-order valence-corrected chi connectivity index (χ0v) is 15.4. The molecule has 0 bridgehead atoms. The van der Waals surface area contributed by atoms with Gasteiger partial charge in [0.25, 0.3) is 0 Å². The van der Waals surface area contributed by atoms with Crippen LogP contribution in [0.15, 0.2) is 23.1 Å². The third kappa shape index (κ3) is 6.01. The predicted octanol–water partition coefficient (Wildman–Crippen LogP) is 2.39. The van der Waals surface area contributed by atoms with Crippen LogP contribution in [0.5, 0.6) is 0 Å². The molecule has 8 nitrogen and oxygen atoms in total. The normalized spacial score (nSPS) is 22.3. The zero-order chi connectivity index (χ0) is 19.1. The number of hydrogen-bond acceptors (Lipinski definition) is 5. The Morgan fingerprint density at radius 1 is 1.15 bits per heavy atom. The summed E-state index contributed by atoms with van der Waals surface area (Å²) < 4.78 is 10.6. The minimum absolute atomic E-state index is 0.0670. The van der Waals surface area contributed by atoms with Gasteiger partial charge in [0, 0.05) is 31.4 Å². The Bertz CT molecular complexity index is 691. The van der Waals surface area contributed by atoms with Crippen molar-refractivity contribution in [3.05, 3.63) is 34.2 Å². The monoisotopic (exact) mass is 377 g/mol. The Labute approximate surface area is 158 Å². The molecule has 0 radical (unpaired) electrons. The van der Waals surface area contributed by atoms with Crippen LogP contribution in [-0.4, -0.2) is 47.8 Å². The van der Waals surface area contributed by atoms with Gasteiger partial charge in [-0.05, 0) is 56.1 Å². The fraction of sp³-hybridized carbons (Fsp3) is 0.632. The van der Waals surface area contributed by atoms with Crippen LogP contribution in [-0.2, 0) is 16.1 Å². The molecule has 2 amide bonds. The number of aromatic nitrogens is 1. The summed E-state index contributed by atoms with van der Waals surface area (Å²) in [5.41, 5.74) is 0.428. The van der Waals surface area contributed by atoms with Crippen LogP contribution in [0, 0.1) is 5.92 Å². The third-order valence-electron chi connectivity index (χ3n) is 5.18. The Balaban J connectivity index is 1.31. The van der Waals surface area contributed by atoms with Gasteiger partial charge in [-0.1, -0.05) is 0 Å². The van der Waals surface area contributed by atoms with E-state index in [1.807, 2.05) is 0 Å². The molecule has 0 atom stereocenters. The van der Waals surface area contributed by atoms with Gasteiger partial charge in [-0.2, -0.15) is 0 Å². The van der Waals surface area contributed by atoms with Gasteiger partial charge in [-0.3, -0.25) is 4.79 Å². The first-order valence-corrected chi connectivity index (χ1v) is 9.63. The lowest BCUT2D eigenvalue weighted by Gasteiger charge is -2.29. The van der Waals surface area contributed by atoms with Crippen LogP contribution < -0.4 is 10.9 Å². The first-order valence-electron chi connectivity index (χ1n) is 9.63. The first-order chi connectivity index (χ1) is 13.1.